The molecule has 0 fully saturated rings. The van der Waals surface area contributed by atoms with Crippen molar-refractivity contribution in [2.75, 3.05) is 0 Å². The van der Waals surface area contributed by atoms with Crippen LogP contribution in [0.1, 0.15) is 0 Å². The molecule has 1 unspecified atom stereocenters. The fourth-order valence-corrected chi connectivity index (χ4v) is 0.537. The number of hydrazone groups is 1. The molecule has 1 aliphatic heterocycles. The van der Waals surface area contributed by atoms with Gasteiger partial charge < -0.3 is 5.84 Å². The quantitative estimate of drug-likeness (QED) is 0.247. The maximum atomic E-state index is 10.3. The van der Waals surface area contributed by atoms with Crippen LogP contribution in [0.25, 0.3) is 0 Å². The van der Waals surface area contributed by atoms with Gasteiger partial charge in [0.2, 0.25) is 0 Å². The lowest BCUT2D eigenvalue weighted by atomic mass is 10.4. The Morgan fingerprint density at radius 3 is 2.91 bits per heavy atom. The van der Waals surface area contributed by atoms with Crippen LogP contribution in [0.2, 0.25) is 0 Å². The van der Waals surface area contributed by atoms with Crippen molar-refractivity contribution >= 4 is 12.6 Å². The van der Waals surface area contributed by atoms with Gasteiger partial charge in [0.15, 0.2) is 6.21 Å². The molecule has 1 heterocycles. The van der Waals surface area contributed by atoms with Crippen LogP contribution in [0, 0.1) is 10.1 Å². The number of hydrogen-bond donors (Lipinski definition) is 1. The van der Waals surface area contributed by atoms with Crippen LogP contribution in [-0.4, -0.2) is 23.3 Å². The molecule has 11 heavy (non-hydrogen) atoms. The minimum atomic E-state index is -1.92. The molecule has 0 aromatic heterocycles. The highest BCUT2D eigenvalue weighted by molar-refractivity contribution is 5.72. The van der Waals surface area contributed by atoms with Gasteiger partial charge in [-0.15, -0.1) is 5.11 Å². The third kappa shape index (κ3) is 1.04. The van der Waals surface area contributed by atoms with Gasteiger partial charge in [0.25, 0.3) is 0 Å². The van der Waals surface area contributed by atoms with E-state index in [0.29, 0.717) is 0 Å². The van der Waals surface area contributed by atoms with Crippen molar-refractivity contribution in [3.63, 3.8) is 0 Å². The average Bonchev–Trinajstić information content (AvgIpc) is 2.38. The third-order valence-corrected chi connectivity index (χ3v) is 1.02. The van der Waals surface area contributed by atoms with E-state index in [1.54, 1.807) is 0 Å². The minimum absolute atomic E-state index is 0.740. The molecule has 2 N–H and O–H groups in total. The lowest BCUT2D eigenvalue weighted by Gasteiger charge is -2.03. The van der Waals surface area contributed by atoms with Crippen LogP contribution in [0.3, 0.4) is 0 Å². The molecule has 0 aromatic carbocycles. The summed E-state index contributed by atoms with van der Waals surface area (Å²) in [4.78, 5) is 12.9. The molecule has 0 spiro atoms. The Hall–Kier alpha value is -1.86. The average molecular weight is 156 g/mol. The normalized spacial score (nSPS) is 28.4. The van der Waals surface area contributed by atoms with E-state index in [1.807, 2.05) is 0 Å². The van der Waals surface area contributed by atoms with E-state index in [2.05, 4.69) is 20.3 Å². The first kappa shape index (κ1) is 7.25. The second-order valence-electron chi connectivity index (χ2n) is 1.68. The van der Waals surface area contributed by atoms with E-state index < -0.39 is 10.7 Å². The predicted octanol–water partition coefficient (Wildman–Crippen LogP) is -0.644. The van der Waals surface area contributed by atoms with E-state index in [4.69, 9.17) is 5.84 Å². The number of aliphatic imine (C=N–C) groups is 1. The molecule has 1 aliphatic rings. The maximum absolute atomic E-state index is 10.3. The standard InChI is InChI=1S/C3H4N6O2/c4-6-1-3(9(10)11)5-2-7-8-3/h1-2H,4H2. The summed E-state index contributed by atoms with van der Waals surface area (Å²) in [6.07, 6.45) is 1.78. The largest absolute Gasteiger partial charge is 0.468 e. The lowest BCUT2D eigenvalue weighted by Crippen LogP contribution is -2.34. The van der Waals surface area contributed by atoms with Crippen LogP contribution >= 0.6 is 0 Å². The highest BCUT2D eigenvalue weighted by atomic mass is 16.6. The number of nitrogens with two attached hydrogens (primary N) is 1. The smallest absolute Gasteiger partial charge is 0.323 e. The first-order chi connectivity index (χ1) is 5.21. The molecule has 0 saturated carbocycles. The zero-order valence-corrected chi connectivity index (χ0v) is 5.28. The summed E-state index contributed by atoms with van der Waals surface area (Å²) in [5.41, 5.74) is 0. The van der Waals surface area contributed by atoms with E-state index in [1.165, 1.54) is 0 Å². The highest BCUT2D eigenvalue weighted by Crippen LogP contribution is 2.15. The van der Waals surface area contributed by atoms with Gasteiger partial charge in [0, 0.05) is 0 Å². The fraction of sp³-hybridized carbons (Fsp3) is 0.333. The molecule has 0 aromatic rings. The molecule has 1 rings (SSSR count). The van der Waals surface area contributed by atoms with Crippen LogP contribution in [0.15, 0.2) is 20.3 Å². The summed E-state index contributed by atoms with van der Waals surface area (Å²) in [6.45, 7) is 0. The summed E-state index contributed by atoms with van der Waals surface area (Å²) in [5, 5.41) is 19.7. The summed E-state index contributed by atoms with van der Waals surface area (Å²) in [5.74, 6) is 2.80. The molecule has 0 radical (unpaired) electrons. The predicted molar refractivity (Wildman–Crippen MR) is 35.8 cm³/mol. The van der Waals surface area contributed by atoms with Crippen molar-refractivity contribution in [2.24, 2.45) is 26.2 Å². The van der Waals surface area contributed by atoms with Gasteiger partial charge in [0.1, 0.15) is 6.34 Å². The first-order valence-electron chi connectivity index (χ1n) is 2.56. The molecular weight excluding hydrogens is 152 g/mol. The Morgan fingerprint density at radius 1 is 1.82 bits per heavy atom. The zero-order chi connectivity index (χ0) is 8.32. The molecular formula is C3H4N6O2. The molecule has 8 nitrogen and oxygen atoms in total. The van der Waals surface area contributed by atoms with Crippen LogP contribution in [-0.2, 0) is 0 Å². The van der Waals surface area contributed by atoms with E-state index >= 15 is 0 Å². The number of hydrogen-bond acceptors (Lipinski definition) is 7. The molecule has 1 atom stereocenters. The van der Waals surface area contributed by atoms with Gasteiger partial charge in [-0.25, -0.2) is 0 Å². The minimum Gasteiger partial charge on any atom is -0.323 e. The van der Waals surface area contributed by atoms with Crippen LogP contribution in [0.4, 0.5) is 0 Å². The summed E-state index contributed by atoms with van der Waals surface area (Å²) >= 11 is 0. The number of rotatable bonds is 2. The van der Waals surface area contributed by atoms with Crippen molar-refractivity contribution in [3.8, 4) is 0 Å². The molecule has 0 bridgehead atoms. The molecule has 0 amide bonds. The molecule has 58 valence electrons. The SMILES string of the molecule is NN=CC1([N+](=O)[O-])N=CN=N1. The molecule has 0 saturated heterocycles. The monoisotopic (exact) mass is 156 g/mol. The number of azo groups is 1. The third-order valence-electron chi connectivity index (χ3n) is 1.02. The zero-order valence-electron chi connectivity index (χ0n) is 5.28. The first-order valence-corrected chi connectivity index (χ1v) is 2.56. The van der Waals surface area contributed by atoms with Crippen molar-refractivity contribution in [3.05, 3.63) is 10.1 Å². The van der Waals surface area contributed by atoms with Crippen molar-refractivity contribution in [1.29, 1.82) is 0 Å². The van der Waals surface area contributed by atoms with E-state index in [9.17, 15) is 10.1 Å². The number of nitrogens with zero attached hydrogens (tertiary/aromatic N) is 5. The maximum Gasteiger partial charge on any atom is 0.468 e. The van der Waals surface area contributed by atoms with E-state index in [0.717, 1.165) is 12.6 Å². The van der Waals surface area contributed by atoms with Crippen molar-refractivity contribution in [2.45, 2.75) is 5.79 Å². The number of nitro groups is 1. The second-order valence-corrected chi connectivity index (χ2v) is 1.68. The summed E-state index contributed by atoms with van der Waals surface area (Å²) in [6, 6.07) is 0. The Kier molecular flexibility index (Phi) is 1.58. The summed E-state index contributed by atoms with van der Waals surface area (Å²) in [7, 11) is 0. The topological polar surface area (TPSA) is 119 Å². The van der Waals surface area contributed by atoms with Gasteiger partial charge in [-0.1, -0.05) is 5.11 Å². The van der Waals surface area contributed by atoms with Crippen LogP contribution < -0.4 is 5.84 Å². The fourth-order valence-electron chi connectivity index (χ4n) is 0.537. The highest BCUT2D eigenvalue weighted by Gasteiger charge is 2.43. The van der Waals surface area contributed by atoms with Gasteiger partial charge in [-0.3, -0.25) is 10.1 Å². The van der Waals surface area contributed by atoms with Crippen LogP contribution in [0.5, 0.6) is 0 Å². The van der Waals surface area contributed by atoms with Gasteiger partial charge in [0.05, 0.1) is 4.92 Å². The Labute approximate surface area is 60.7 Å². The van der Waals surface area contributed by atoms with Crippen molar-refractivity contribution in [1.82, 2.24) is 0 Å². The van der Waals surface area contributed by atoms with Gasteiger partial charge in [-0.05, 0) is 0 Å². The lowest BCUT2D eigenvalue weighted by molar-refractivity contribution is -0.541. The Balaban J connectivity index is 2.99. The molecule has 8 heteroatoms. The summed E-state index contributed by atoms with van der Waals surface area (Å²) < 4.78 is 0. The van der Waals surface area contributed by atoms with E-state index in [-0.39, 0.29) is 0 Å². The van der Waals surface area contributed by atoms with Gasteiger partial charge in [-0.2, -0.15) is 10.1 Å². The second kappa shape index (κ2) is 2.40. The Morgan fingerprint density at radius 2 is 2.55 bits per heavy atom. The Bertz CT molecular complexity index is 243. The van der Waals surface area contributed by atoms with Gasteiger partial charge >= 0.3 is 5.79 Å². The molecule has 0 aliphatic carbocycles. The van der Waals surface area contributed by atoms with Crippen molar-refractivity contribution < 1.29 is 4.92 Å².